The Hall–Kier alpha value is -4.03. The maximum atomic E-state index is 13.0. The monoisotopic (exact) mass is 807 g/mol. The molecular weight excluding hydrogens is 759 g/mol. The highest BCUT2D eigenvalue weighted by molar-refractivity contribution is 7.89. The first-order valence-corrected chi connectivity index (χ1v) is 22.8. The van der Waals surface area contributed by atoms with Gasteiger partial charge in [0.2, 0.25) is 20.0 Å². The zero-order valence-electron chi connectivity index (χ0n) is 31.3. The number of carbonyl (C=O) groups excluding carboxylic acids is 2. The smallest absolute Gasteiger partial charge is 0.284 e. The Morgan fingerprint density at radius 3 is 1.49 bits per heavy atom. The molecular formula is C39H49N7O6S3. The number of nitrogens with zero attached hydrogens (tertiary/aromatic N) is 5. The lowest BCUT2D eigenvalue weighted by Gasteiger charge is -2.34. The summed E-state index contributed by atoms with van der Waals surface area (Å²) in [6.45, 7) is 9.90. The predicted octanol–water partition coefficient (Wildman–Crippen LogP) is 5.03. The molecule has 55 heavy (non-hydrogen) atoms. The lowest BCUT2D eigenvalue weighted by atomic mass is 10.1. The second-order valence-corrected chi connectivity index (χ2v) is 18.9. The zero-order valence-corrected chi connectivity index (χ0v) is 33.8. The topological polar surface area (TPSA) is 152 Å². The molecule has 0 atom stereocenters. The van der Waals surface area contributed by atoms with Crippen molar-refractivity contribution < 1.29 is 26.4 Å². The standard InChI is InChI=1S/C39H49N7O6S3/c1-3-25-54(49,50)45-21-17-43(18-22-45)27-30-5-13-34(14-6-30)40-37(47)33-11-9-32(10-12-33)36-29-53-39(42-36)38(48)41-35-15-7-31(8-16-35)28-44-19-23-46(24-20-44)55(51,52)26-4-2/h5-16,29H,3-4,17-28H2,1-2H3,(H,40,47)(H,41,48). The number of rotatable bonds is 15. The number of nitrogens with one attached hydrogen (secondary N) is 2. The Morgan fingerprint density at radius 1 is 0.618 bits per heavy atom. The molecule has 0 bridgehead atoms. The van der Waals surface area contributed by atoms with Crippen molar-refractivity contribution in [2.75, 3.05) is 74.5 Å². The van der Waals surface area contributed by atoms with Crippen LogP contribution in [-0.2, 0) is 33.1 Å². The van der Waals surface area contributed by atoms with Crippen molar-refractivity contribution in [2.45, 2.75) is 39.8 Å². The molecule has 16 heteroatoms. The Labute approximate surface area is 328 Å². The van der Waals surface area contributed by atoms with Crippen LogP contribution in [0, 0.1) is 0 Å². The van der Waals surface area contributed by atoms with Crippen molar-refractivity contribution in [3.05, 3.63) is 99.9 Å². The van der Waals surface area contributed by atoms with Crippen molar-refractivity contribution in [3.63, 3.8) is 0 Å². The molecule has 3 heterocycles. The minimum atomic E-state index is -3.17. The molecule has 0 unspecified atom stereocenters. The van der Waals surface area contributed by atoms with Crippen LogP contribution in [0.3, 0.4) is 0 Å². The molecule has 2 saturated heterocycles. The highest BCUT2D eigenvalue weighted by atomic mass is 32.2. The Balaban J connectivity index is 0.947. The van der Waals surface area contributed by atoms with Crippen LogP contribution < -0.4 is 10.6 Å². The van der Waals surface area contributed by atoms with Crippen molar-refractivity contribution in [3.8, 4) is 11.3 Å². The highest BCUT2D eigenvalue weighted by Gasteiger charge is 2.27. The summed E-state index contributed by atoms with van der Waals surface area (Å²) in [5.74, 6) is -0.172. The van der Waals surface area contributed by atoms with Gasteiger partial charge >= 0.3 is 0 Å². The van der Waals surface area contributed by atoms with E-state index in [0.717, 1.165) is 16.7 Å². The van der Waals surface area contributed by atoms with Crippen LogP contribution >= 0.6 is 11.3 Å². The van der Waals surface area contributed by atoms with Gasteiger partial charge in [-0.3, -0.25) is 19.4 Å². The quantitative estimate of drug-likeness (QED) is 0.169. The predicted molar refractivity (Wildman–Crippen MR) is 218 cm³/mol. The Morgan fingerprint density at radius 2 is 1.05 bits per heavy atom. The van der Waals surface area contributed by atoms with E-state index >= 15 is 0 Å². The number of sulfonamides is 2. The first kappa shape index (κ1) is 40.6. The molecule has 13 nitrogen and oxygen atoms in total. The van der Waals surface area contributed by atoms with E-state index in [9.17, 15) is 26.4 Å². The summed E-state index contributed by atoms with van der Waals surface area (Å²) in [5.41, 5.74) is 5.41. The first-order chi connectivity index (χ1) is 26.4. The number of aromatic nitrogens is 1. The molecule has 2 N–H and O–H groups in total. The summed E-state index contributed by atoms with van der Waals surface area (Å²) >= 11 is 1.24. The van der Waals surface area contributed by atoms with Gasteiger partial charge in [0.25, 0.3) is 11.8 Å². The Bertz CT molecular complexity index is 2130. The average Bonchev–Trinajstić information content (AvgIpc) is 3.68. The van der Waals surface area contributed by atoms with Crippen LogP contribution in [0.1, 0.15) is 58.0 Å². The van der Waals surface area contributed by atoms with E-state index in [1.165, 1.54) is 11.3 Å². The van der Waals surface area contributed by atoms with Gasteiger partial charge in [-0.25, -0.2) is 21.8 Å². The van der Waals surface area contributed by atoms with Gasteiger partial charge in [0.15, 0.2) is 5.01 Å². The van der Waals surface area contributed by atoms with Crippen LogP contribution in [0.25, 0.3) is 11.3 Å². The van der Waals surface area contributed by atoms with E-state index in [1.54, 1.807) is 20.7 Å². The largest absolute Gasteiger partial charge is 0.322 e. The molecule has 2 fully saturated rings. The number of piperazine rings is 2. The van der Waals surface area contributed by atoms with Gasteiger partial charge in [-0.2, -0.15) is 8.61 Å². The lowest BCUT2D eigenvalue weighted by molar-refractivity contribution is 0.101. The van der Waals surface area contributed by atoms with Gasteiger partial charge in [-0.05, 0) is 60.4 Å². The fourth-order valence-corrected chi connectivity index (χ4v) is 10.4. The molecule has 0 saturated carbocycles. The first-order valence-electron chi connectivity index (χ1n) is 18.7. The molecule has 0 radical (unpaired) electrons. The van der Waals surface area contributed by atoms with Crippen LogP contribution in [0.4, 0.5) is 11.4 Å². The van der Waals surface area contributed by atoms with Crippen molar-refractivity contribution in [1.82, 2.24) is 23.4 Å². The van der Waals surface area contributed by atoms with Crippen molar-refractivity contribution in [2.24, 2.45) is 0 Å². The van der Waals surface area contributed by atoms with Gasteiger partial charge in [0.1, 0.15) is 0 Å². The number of hydrogen-bond acceptors (Lipinski definition) is 10. The SMILES string of the molecule is CCCS(=O)(=O)N1CCN(Cc2ccc(NC(=O)c3ccc(-c4csc(C(=O)Nc5ccc(CN6CCN(S(=O)(=O)CCC)CC6)cc5)n4)cc3)cc2)CC1. The number of hydrogen-bond donors (Lipinski definition) is 2. The molecule has 2 aliphatic heterocycles. The fourth-order valence-electron chi connectivity index (χ4n) is 6.70. The van der Waals surface area contributed by atoms with E-state index in [2.05, 4.69) is 25.4 Å². The van der Waals surface area contributed by atoms with Gasteiger partial charge in [0.05, 0.1) is 17.2 Å². The second-order valence-electron chi connectivity index (χ2n) is 13.9. The average molecular weight is 808 g/mol. The summed E-state index contributed by atoms with van der Waals surface area (Å²) in [6.07, 6.45) is 1.23. The van der Waals surface area contributed by atoms with Crippen LogP contribution in [0.15, 0.2) is 78.2 Å². The van der Waals surface area contributed by atoms with Gasteiger partial charge in [0, 0.05) is 93.3 Å². The third-order valence-electron chi connectivity index (χ3n) is 9.75. The number of benzene rings is 3. The van der Waals surface area contributed by atoms with E-state index in [-0.39, 0.29) is 23.3 Å². The van der Waals surface area contributed by atoms with E-state index in [0.29, 0.717) is 106 Å². The van der Waals surface area contributed by atoms with E-state index in [1.807, 2.05) is 79.9 Å². The maximum Gasteiger partial charge on any atom is 0.284 e. The minimum absolute atomic E-state index is 0.189. The third kappa shape index (κ3) is 10.8. The van der Waals surface area contributed by atoms with Gasteiger partial charge in [-0.1, -0.05) is 50.2 Å². The number of carbonyl (C=O) groups is 2. The van der Waals surface area contributed by atoms with Crippen LogP contribution in [-0.4, -0.2) is 116 Å². The van der Waals surface area contributed by atoms with Crippen molar-refractivity contribution in [1.29, 1.82) is 0 Å². The molecule has 4 aromatic rings. The number of anilines is 2. The third-order valence-corrected chi connectivity index (χ3v) is 14.7. The molecule has 1 aromatic heterocycles. The van der Waals surface area contributed by atoms with Crippen LogP contribution in [0.5, 0.6) is 0 Å². The molecule has 2 amide bonds. The van der Waals surface area contributed by atoms with E-state index < -0.39 is 20.0 Å². The number of amides is 2. The second kappa shape index (κ2) is 18.3. The van der Waals surface area contributed by atoms with Gasteiger partial charge < -0.3 is 10.6 Å². The van der Waals surface area contributed by atoms with Crippen molar-refractivity contribution >= 4 is 54.6 Å². The summed E-state index contributed by atoms with van der Waals surface area (Å²) < 4.78 is 52.6. The Kier molecular flexibility index (Phi) is 13.5. The molecule has 294 valence electrons. The molecule has 0 spiro atoms. The summed E-state index contributed by atoms with van der Waals surface area (Å²) in [4.78, 5) is 35.0. The summed E-state index contributed by atoms with van der Waals surface area (Å²) in [6, 6.07) is 22.4. The van der Waals surface area contributed by atoms with Crippen LogP contribution in [0.2, 0.25) is 0 Å². The molecule has 6 rings (SSSR count). The summed E-state index contributed by atoms with van der Waals surface area (Å²) in [7, 11) is -6.34. The maximum absolute atomic E-state index is 13.0. The molecule has 3 aromatic carbocycles. The lowest BCUT2D eigenvalue weighted by Crippen LogP contribution is -2.48. The van der Waals surface area contributed by atoms with E-state index in [4.69, 9.17) is 0 Å². The minimum Gasteiger partial charge on any atom is -0.322 e. The fraction of sp³-hybridized carbons (Fsp3) is 0.410. The summed E-state index contributed by atoms with van der Waals surface area (Å²) in [5, 5.41) is 7.99. The zero-order chi connectivity index (χ0) is 39.0. The molecule has 2 aliphatic rings. The molecule has 0 aliphatic carbocycles. The number of thiazole rings is 1. The normalized spacial score (nSPS) is 16.5. The van der Waals surface area contributed by atoms with Gasteiger partial charge in [-0.15, -0.1) is 11.3 Å². The highest BCUT2D eigenvalue weighted by Crippen LogP contribution is 2.24.